The number of rotatable bonds is 4. The molecule has 1 heterocycles. The number of aromatic nitrogens is 1. The van der Waals surface area contributed by atoms with Gasteiger partial charge in [0.2, 0.25) is 11.8 Å². The number of fused-ring (bicyclic) bond motifs is 1. The average Bonchev–Trinajstić information content (AvgIpc) is 2.38. The Morgan fingerprint density at radius 2 is 2.05 bits per heavy atom. The molecule has 1 aromatic heterocycles. The SMILES string of the molecule is Cc1ccc2cccc(NC(=O)[C@@H](N)CC(N)=O)c2n1. The lowest BCUT2D eigenvalue weighted by Crippen LogP contribution is -2.39. The molecule has 0 unspecified atom stereocenters. The van der Waals surface area contributed by atoms with E-state index in [9.17, 15) is 9.59 Å². The number of primary amides is 1. The number of carbonyl (C=O) groups excluding carboxylic acids is 2. The molecule has 5 N–H and O–H groups in total. The van der Waals surface area contributed by atoms with Crippen molar-refractivity contribution in [1.29, 1.82) is 0 Å². The van der Waals surface area contributed by atoms with Crippen LogP contribution in [-0.4, -0.2) is 22.8 Å². The van der Waals surface area contributed by atoms with Crippen LogP contribution in [0.1, 0.15) is 12.1 Å². The Bertz CT molecular complexity index is 669. The summed E-state index contributed by atoms with van der Waals surface area (Å²) >= 11 is 0. The third-order valence-electron chi connectivity index (χ3n) is 2.88. The standard InChI is InChI=1S/C14H16N4O2/c1-8-5-6-9-3-2-4-11(13(9)17-8)18-14(20)10(15)7-12(16)19/h2-6,10H,7,15H2,1H3,(H2,16,19)(H,18,20)/t10-/m0/s1. The van der Waals surface area contributed by atoms with Gasteiger partial charge in [-0.1, -0.05) is 18.2 Å². The van der Waals surface area contributed by atoms with Crippen LogP contribution < -0.4 is 16.8 Å². The van der Waals surface area contributed by atoms with E-state index in [-0.39, 0.29) is 6.42 Å². The molecule has 0 spiro atoms. The summed E-state index contributed by atoms with van der Waals surface area (Å²) in [5.74, 6) is -1.07. The van der Waals surface area contributed by atoms with Crippen molar-refractivity contribution in [2.24, 2.45) is 11.5 Å². The van der Waals surface area contributed by atoms with Crippen molar-refractivity contribution in [2.45, 2.75) is 19.4 Å². The molecule has 0 aliphatic carbocycles. The topological polar surface area (TPSA) is 111 Å². The van der Waals surface area contributed by atoms with Crippen molar-refractivity contribution < 1.29 is 9.59 Å². The van der Waals surface area contributed by atoms with Crippen molar-refractivity contribution in [1.82, 2.24) is 4.98 Å². The molecule has 20 heavy (non-hydrogen) atoms. The minimum atomic E-state index is -0.965. The number of anilines is 1. The highest BCUT2D eigenvalue weighted by Gasteiger charge is 2.17. The van der Waals surface area contributed by atoms with Crippen LogP contribution in [0.5, 0.6) is 0 Å². The van der Waals surface area contributed by atoms with E-state index in [1.165, 1.54) is 0 Å². The maximum absolute atomic E-state index is 11.9. The molecule has 2 aromatic rings. The van der Waals surface area contributed by atoms with Crippen LogP contribution >= 0.6 is 0 Å². The number of nitrogens with two attached hydrogens (primary N) is 2. The van der Waals surface area contributed by atoms with Crippen LogP contribution in [0.4, 0.5) is 5.69 Å². The van der Waals surface area contributed by atoms with Crippen molar-refractivity contribution in [2.75, 3.05) is 5.32 Å². The van der Waals surface area contributed by atoms with Gasteiger partial charge in [0.05, 0.1) is 23.7 Å². The second-order valence-electron chi connectivity index (χ2n) is 4.60. The number of para-hydroxylation sites is 1. The monoisotopic (exact) mass is 272 g/mol. The molecule has 0 bridgehead atoms. The van der Waals surface area contributed by atoms with Gasteiger partial charge in [-0.05, 0) is 19.1 Å². The summed E-state index contributed by atoms with van der Waals surface area (Å²) < 4.78 is 0. The van der Waals surface area contributed by atoms with Crippen LogP contribution in [0.25, 0.3) is 10.9 Å². The van der Waals surface area contributed by atoms with Gasteiger partial charge in [-0.15, -0.1) is 0 Å². The molecule has 1 atom stereocenters. The number of nitrogens with one attached hydrogen (secondary N) is 1. The molecular weight excluding hydrogens is 256 g/mol. The molecule has 0 saturated carbocycles. The Balaban J connectivity index is 2.27. The Morgan fingerprint density at radius 3 is 2.75 bits per heavy atom. The van der Waals surface area contributed by atoms with E-state index in [2.05, 4.69) is 10.3 Å². The summed E-state index contributed by atoms with van der Waals surface area (Å²) in [5, 5.41) is 3.60. The highest BCUT2D eigenvalue weighted by molar-refractivity contribution is 6.03. The normalized spacial score (nSPS) is 12.1. The first-order valence-electron chi connectivity index (χ1n) is 6.18. The van der Waals surface area contributed by atoms with Crippen molar-refractivity contribution in [3.8, 4) is 0 Å². The zero-order chi connectivity index (χ0) is 14.7. The number of pyridine rings is 1. The van der Waals surface area contributed by atoms with Crippen molar-refractivity contribution >= 4 is 28.4 Å². The molecule has 0 fully saturated rings. The maximum Gasteiger partial charge on any atom is 0.241 e. The fraction of sp³-hybridized carbons (Fsp3) is 0.214. The number of amides is 2. The van der Waals surface area contributed by atoms with Crippen LogP contribution in [0.2, 0.25) is 0 Å². The summed E-state index contributed by atoms with van der Waals surface area (Å²) in [6.45, 7) is 1.87. The van der Waals surface area contributed by atoms with E-state index in [1.54, 1.807) is 6.07 Å². The van der Waals surface area contributed by atoms with E-state index < -0.39 is 17.9 Å². The summed E-state index contributed by atoms with van der Waals surface area (Å²) in [6.07, 6.45) is -0.191. The number of hydrogen-bond acceptors (Lipinski definition) is 4. The molecule has 1 aromatic carbocycles. The Morgan fingerprint density at radius 1 is 1.30 bits per heavy atom. The van der Waals surface area contributed by atoms with Gasteiger partial charge in [0.15, 0.2) is 0 Å². The molecule has 0 aliphatic rings. The van der Waals surface area contributed by atoms with Gasteiger partial charge in [-0.2, -0.15) is 0 Å². The van der Waals surface area contributed by atoms with Gasteiger partial charge in [0.25, 0.3) is 0 Å². The largest absolute Gasteiger partial charge is 0.370 e. The van der Waals surface area contributed by atoms with E-state index in [0.717, 1.165) is 11.1 Å². The van der Waals surface area contributed by atoms with E-state index in [4.69, 9.17) is 11.5 Å². The van der Waals surface area contributed by atoms with Gasteiger partial charge in [-0.25, -0.2) is 0 Å². The van der Waals surface area contributed by atoms with Gasteiger partial charge in [-0.3, -0.25) is 14.6 Å². The lowest BCUT2D eigenvalue weighted by Gasteiger charge is -2.12. The fourth-order valence-corrected chi connectivity index (χ4v) is 1.88. The predicted molar refractivity (Wildman–Crippen MR) is 76.9 cm³/mol. The van der Waals surface area contributed by atoms with E-state index in [1.807, 2.05) is 31.2 Å². The number of carbonyl (C=O) groups is 2. The first-order valence-corrected chi connectivity index (χ1v) is 6.18. The molecular formula is C14H16N4O2. The van der Waals surface area contributed by atoms with Crippen LogP contribution in [0, 0.1) is 6.92 Å². The average molecular weight is 272 g/mol. The maximum atomic E-state index is 11.9. The highest BCUT2D eigenvalue weighted by atomic mass is 16.2. The minimum Gasteiger partial charge on any atom is -0.370 e. The Kier molecular flexibility index (Phi) is 3.95. The van der Waals surface area contributed by atoms with E-state index >= 15 is 0 Å². The van der Waals surface area contributed by atoms with Gasteiger partial charge in [0, 0.05) is 11.1 Å². The zero-order valence-corrected chi connectivity index (χ0v) is 11.1. The predicted octanol–water partition coefficient (Wildman–Crippen LogP) is 0.684. The first kappa shape index (κ1) is 14.0. The number of benzene rings is 1. The minimum absolute atomic E-state index is 0.191. The lowest BCUT2D eigenvalue weighted by atomic mass is 10.1. The lowest BCUT2D eigenvalue weighted by molar-refractivity contribution is -0.123. The molecule has 0 radical (unpaired) electrons. The molecule has 2 rings (SSSR count). The van der Waals surface area contributed by atoms with E-state index in [0.29, 0.717) is 11.2 Å². The summed E-state index contributed by atoms with van der Waals surface area (Å²) in [6, 6.07) is 8.31. The zero-order valence-electron chi connectivity index (χ0n) is 11.1. The molecule has 6 heteroatoms. The van der Waals surface area contributed by atoms with Crippen molar-refractivity contribution in [3.05, 3.63) is 36.0 Å². The highest BCUT2D eigenvalue weighted by Crippen LogP contribution is 2.21. The van der Waals surface area contributed by atoms with Gasteiger partial charge >= 0.3 is 0 Å². The Labute approximate surface area is 116 Å². The molecule has 0 saturated heterocycles. The fourth-order valence-electron chi connectivity index (χ4n) is 1.88. The van der Waals surface area contributed by atoms with Crippen LogP contribution in [-0.2, 0) is 9.59 Å². The summed E-state index contributed by atoms with van der Waals surface area (Å²) in [4.78, 5) is 27.1. The van der Waals surface area contributed by atoms with Crippen molar-refractivity contribution in [3.63, 3.8) is 0 Å². The Hall–Kier alpha value is -2.47. The van der Waals surface area contributed by atoms with Gasteiger partial charge in [0.1, 0.15) is 0 Å². The number of aryl methyl sites for hydroxylation is 1. The smallest absolute Gasteiger partial charge is 0.241 e. The summed E-state index contributed by atoms with van der Waals surface area (Å²) in [5.41, 5.74) is 12.7. The summed E-state index contributed by atoms with van der Waals surface area (Å²) in [7, 11) is 0. The third-order valence-corrected chi connectivity index (χ3v) is 2.88. The quantitative estimate of drug-likeness (QED) is 0.760. The van der Waals surface area contributed by atoms with Crippen LogP contribution in [0.3, 0.4) is 0 Å². The number of nitrogens with zero attached hydrogens (tertiary/aromatic N) is 1. The molecule has 104 valence electrons. The molecule has 2 amide bonds. The second kappa shape index (κ2) is 5.66. The second-order valence-corrected chi connectivity index (χ2v) is 4.60. The van der Waals surface area contributed by atoms with Crippen LogP contribution in [0.15, 0.2) is 30.3 Å². The number of hydrogen-bond donors (Lipinski definition) is 3. The third kappa shape index (κ3) is 3.10. The van der Waals surface area contributed by atoms with Gasteiger partial charge < -0.3 is 16.8 Å². The molecule has 6 nitrogen and oxygen atoms in total. The first-order chi connectivity index (χ1) is 9.47. The molecule has 0 aliphatic heterocycles.